The summed E-state index contributed by atoms with van der Waals surface area (Å²) in [6.07, 6.45) is -0.0885. The van der Waals surface area contributed by atoms with Crippen LogP contribution in [0.15, 0.2) is 24.3 Å². The van der Waals surface area contributed by atoms with Gasteiger partial charge in [-0.25, -0.2) is 0 Å². The quantitative estimate of drug-likeness (QED) is 0.735. The number of rotatable bonds is 5. The summed E-state index contributed by atoms with van der Waals surface area (Å²) >= 11 is 1.04. The fourth-order valence-corrected chi connectivity index (χ4v) is 2.74. The van der Waals surface area contributed by atoms with E-state index in [1.54, 1.807) is 0 Å². The first kappa shape index (κ1) is 13.9. The minimum Gasteiger partial charge on any atom is -0.481 e. The van der Waals surface area contributed by atoms with Crippen molar-refractivity contribution >= 4 is 23.6 Å². The number of hydrogen-bond donors (Lipinski definition) is 3. The van der Waals surface area contributed by atoms with Crippen molar-refractivity contribution < 1.29 is 19.8 Å². The molecule has 0 aliphatic heterocycles. The number of carbonyl (C=O) groups is 2. The van der Waals surface area contributed by atoms with Crippen LogP contribution in [0, 0.1) is 0 Å². The summed E-state index contributed by atoms with van der Waals surface area (Å²) in [6, 6.07) is 7.20. The molecule has 1 aliphatic carbocycles. The highest BCUT2D eigenvalue weighted by molar-refractivity contribution is 8.00. The monoisotopic (exact) mass is 281 g/mol. The zero-order chi connectivity index (χ0) is 13.8. The predicted molar refractivity (Wildman–Crippen MR) is 72.0 cm³/mol. The molecule has 2 atom stereocenters. The normalized spacial score (nSPS) is 20.9. The number of carboxylic acid groups (broad SMARTS) is 1. The molecule has 0 spiro atoms. The molecule has 0 unspecified atom stereocenters. The molecule has 0 heterocycles. The zero-order valence-corrected chi connectivity index (χ0v) is 11.0. The second kappa shape index (κ2) is 6.08. The number of aliphatic carboxylic acids is 1. The van der Waals surface area contributed by atoms with E-state index in [4.69, 9.17) is 5.11 Å². The Hall–Kier alpha value is -1.53. The molecule has 0 radical (unpaired) electrons. The highest BCUT2D eigenvalue weighted by Gasteiger charge is 2.31. The fraction of sp³-hybridized carbons (Fsp3) is 0.385. The maximum atomic E-state index is 11.7. The second-order valence-electron chi connectivity index (χ2n) is 4.40. The van der Waals surface area contributed by atoms with Gasteiger partial charge < -0.3 is 15.5 Å². The third-order valence-corrected chi connectivity index (χ3v) is 3.90. The number of amides is 1. The van der Waals surface area contributed by atoms with E-state index >= 15 is 0 Å². The Morgan fingerprint density at radius 2 is 2.05 bits per heavy atom. The molecule has 6 heteroatoms. The van der Waals surface area contributed by atoms with Crippen LogP contribution in [0.1, 0.15) is 17.2 Å². The van der Waals surface area contributed by atoms with Crippen LogP contribution in [-0.2, 0) is 16.0 Å². The van der Waals surface area contributed by atoms with Gasteiger partial charge in [-0.3, -0.25) is 9.59 Å². The van der Waals surface area contributed by atoms with Gasteiger partial charge in [0.25, 0.3) is 0 Å². The molecule has 0 fully saturated rings. The van der Waals surface area contributed by atoms with Crippen molar-refractivity contribution in [3.8, 4) is 0 Å². The molecule has 0 saturated heterocycles. The van der Waals surface area contributed by atoms with E-state index in [0.717, 1.165) is 22.9 Å². The first-order valence-electron chi connectivity index (χ1n) is 5.92. The van der Waals surface area contributed by atoms with E-state index in [0.29, 0.717) is 6.42 Å². The van der Waals surface area contributed by atoms with Gasteiger partial charge in [-0.1, -0.05) is 24.3 Å². The van der Waals surface area contributed by atoms with Crippen molar-refractivity contribution in [2.24, 2.45) is 0 Å². The van der Waals surface area contributed by atoms with Crippen molar-refractivity contribution in [2.45, 2.75) is 18.6 Å². The summed E-state index contributed by atoms with van der Waals surface area (Å²) in [5.74, 6) is -1.22. The van der Waals surface area contributed by atoms with Crippen LogP contribution < -0.4 is 5.32 Å². The van der Waals surface area contributed by atoms with Crippen molar-refractivity contribution in [3.05, 3.63) is 35.4 Å². The number of benzene rings is 1. The Balaban J connectivity index is 1.92. The van der Waals surface area contributed by atoms with Gasteiger partial charge in [-0.05, 0) is 11.1 Å². The fourth-order valence-electron chi connectivity index (χ4n) is 2.19. The molecule has 2 rings (SSSR count). The van der Waals surface area contributed by atoms with E-state index in [9.17, 15) is 14.7 Å². The van der Waals surface area contributed by atoms with Crippen molar-refractivity contribution in [2.75, 3.05) is 11.5 Å². The van der Waals surface area contributed by atoms with Crippen molar-refractivity contribution in [3.63, 3.8) is 0 Å². The zero-order valence-electron chi connectivity index (χ0n) is 10.2. The lowest BCUT2D eigenvalue weighted by molar-refractivity contribution is -0.133. The maximum Gasteiger partial charge on any atom is 0.313 e. The average Bonchev–Trinajstić information content (AvgIpc) is 2.66. The van der Waals surface area contributed by atoms with E-state index in [1.807, 2.05) is 24.3 Å². The number of carbonyl (C=O) groups excluding carboxylic acids is 1. The number of hydrogen-bond acceptors (Lipinski definition) is 4. The van der Waals surface area contributed by atoms with Gasteiger partial charge in [-0.2, -0.15) is 0 Å². The molecule has 1 aromatic rings. The Kier molecular flexibility index (Phi) is 4.44. The third-order valence-electron chi connectivity index (χ3n) is 2.98. The Morgan fingerprint density at radius 3 is 2.79 bits per heavy atom. The molecule has 102 valence electrons. The number of nitrogens with one attached hydrogen (secondary N) is 1. The smallest absolute Gasteiger partial charge is 0.313 e. The number of carboxylic acids is 1. The van der Waals surface area contributed by atoms with Crippen LogP contribution in [0.2, 0.25) is 0 Å². The van der Waals surface area contributed by atoms with Crippen LogP contribution in [0.4, 0.5) is 0 Å². The van der Waals surface area contributed by atoms with Gasteiger partial charge in [0.1, 0.15) is 0 Å². The molecule has 0 bridgehead atoms. The molecule has 5 nitrogen and oxygen atoms in total. The van der Waals surface area contributed by atoms with Gasteiger partial charge in [-0.15, -0.1) is 11.8 Å². The lowest BCUT2D eigenvalue weighted by atomic mass is 10.1. The van der Waals surface area contributed by atoms with E-state index in [1.165, 1.54) is 0 Å². The highest BCUT2D eigenvalue weighted by Crippen LogP contribution is 2.31. The van der Waals surface area contributed by atoms with Crippen LogP contribution >= 0.6 is 11.8 Å². The summed E-state index contributed by atoms with van der Waals surface area (Å²) in [7, 11) is 0. The van der Waals surface area contributed by atoms with Crippen LogP contribution in [0.25, 0.3) is 0 Å². The minimum absolute atomic E-state index is 0.0810. The lowest BCUT2D eigenvalue weighted by Crippen LogP contribution is -2.35. The summed E-state index contributed by atoms with van der Waals surface area (Å²) in [5.41, 5.74) is 1.98. The summed E-state index contributed by atoms with van der Waals surface area (Å²) in [4.78, 5) is 22.0. The predicted octanol–water partition coefficient (Wildman–Crippen LogP) is 0.579. The summed E-state index contributed by atoms with van der Waals surface area (Å²) in [5, 5.41) is 21.2. The number of thioether (sulfide) groups is 1. The van der Waals surface area contributed by atoms with Gasteiger partial charge in [0, 0.05) is 6.42 Å². The topological polar surface area (TPSA) is 86.6 Å². The molecule has 0 aromatic heterocycles. The van der Waals surface area contributed by atoms with E-state index in [-0.39, 0.29) is 17.4 Å². The molecular formula is C13H15NO4S. The molecule has 1 amide bonds. The highest BCUT2D eigenvalue weighted by atomic mass is 32.2. The first-order chi connectivity index (χ1) is 9.08. The standard InChI is InChI=1S/C13H15NO4S/c15-10-5-8-3-1-2-4-9(8)13(10)14-11(16)6-19-7-12(17)18/h1-4,10,13,15H,5-7H2,(H,14,16)(H,17,18)/t10-,13+/m1/s1. The van der Waals surface area contributed by atoms with Gasteiger partial charge >= 0.3 is 5.97 Å². The van der Waals surface area contributed by atoms with E-state index < -0.39 is 18.1 Å². The second-order valence-corrected chi connectivity index (χ2v) is 5.39. The molecule has 3 N–H and O–H groups in total. The Bertz CT molecular complexity index is 491. The van der Waals surface area contributed by atoms with E-state index in [2.05, 4.69) is 5.32 Å². The largest absolute Gasteiger partial charge is 0.481 e. The number of fused-ring (bicyclic) bond motifs is 1. The maximum absolute atomic E-state index is 11.7. The molecular weight excluding hydrogens is 266 g/mol. The Labute approximate surface area is 115 Å². The Morgan fingerprint density at radius 1 is 1.32 bits per heavy atom. The summed E-state index contributed by atoms with van der Waals surface area (Å²) in [6.45, 7) is 0. The van der Waals surface area contributed by atoms with Crippen LogP contribution in [-0.4, -0.2) is 39.7 Å². The van der Waals surface area contributed by atoms with Crippen molar-refractivity contribution in [1.82, 2.24) is 5.32 Å². The average molecular weight is 281 g/mol. The summed E-state index contributed by atoms with van der Waals surface area (Å²) < 4.78 is 0. The number of aliphatic hydroxyl groups excluding tert-OH is 1. The third kappa shape index (κ3) is 3.48. The molecule has 1 aromatic carbocycles. The van der Waals surface area contributed by atoms with Gasteiger partial charge in [0.2, 0.25) is 5.91 Å². The lowest BCUT2D eigenvalue weighted by Gasteiger charge is -2.17. The SMILES string of the molecule is O=C(O)CSCC(=O)N[C@H]1c2ccccc2C[C@H]1O. The molecule has 1 aliphatic rings. The number of aliphatic hydroxyl groups is 1. The first-order valence-corrected chi connectivity index (χ1v) is 7.08. The minimum atomic E-state index is -0.941. The molecule has 0 saturated carbocycles. The van der Waals surface area contributed by atoms with Gasteiger partial charge in [0.05, 0.1) is 23.7 Å². The molecule has 19 heavy (non-hydrogen) atoms. The van der Waals surface area contributed by atoms with Crippen molar-refractivity contribution in [1.29, 1.82) is 0 Å². The van der Waals surface area contributed by atoms with Crippen LogP contribution in [0.3, 0.4) is 0 Å². The van der Waals surface area contributed by atoms with Crippen LogP contribution in [0.5, 0.6) is 0 Å². The van der Waals surface area contributed by atoms with Gasteiger partial charge in [0.15, 0.2) is 0 Å².